The summed E-state index contributed by atoms with van der Waals surface area (Å²) in [6.07, 6.45) is -0.579. The van der Waals surface area contributed by atoms with E-state index >= 15 is 0 Å². The number of furan rings is 1. The van der Waals surface area contributed by atoms with Crippen LogP contribution in [0.25, 0.3) is 21.9 Å². The molecule has 0 atom stereocenters. The summed E-state index contributed by atoms with van der Waals surface area (Å²) >= 11 is 0. The highest BCUT2D eigenvalue weighted by molar-refractivity contribution is 6.06. The first-order chi connectivity index (χ1) is 17.2. The van der Waals surface area contributed by atoms with E-state index in [1.807, 2.05) is 30.3 Å². The molecule has 5 rings (SSSR count). The molecule has 0 aliphatic heterocycles. The van der Waals surface area contributed by atoms with Crippen LogP contribution in [0.2, 0.25) is 0 Å². The van der Waals surface area contributed by atoms with Gasteiger partial charge >= 0.3 is 12.1 Å². The number of para-hydroxylation sites is 1. The van der Waals surface area contributed by atoms with Gasteiger partial charge in [0.15, 0.2) is 0 Å². The first-order valence-corrected chi connectivity index (χ1v) is 11.9. The number of aliphatic carboxylic acids is 1. The molecule has 2 aromatic heterocycles. The third-order valence-electron chi connectivity index (χ3n) is 6.98. The monoisotopic (exact) mass is 498 g/mol. The highest BCUT2D eigenvalue weighted by Gasteiger charge is 2.33. The van der Waals surface area contributed by atoms with E-state index < -0.39 is 23.6 Å². The first kappa shape index (κ1) is 24.0. The number of alkyl halides is 3. The second-order valence-electron chi connectivity index (χ2n) is 9.42. The molecule has 1 fully saturated rings. The summed E-state index contributed by atoms with van der Waals surface area (Å²) in [4.78, 5) is 24.4. The minimum Gasteiger partial charge on any atom is -0.481 e. The molecule has 0 spiro atoms. The lowest BCUT2D eigenvalue weighted by Crippen LogP contribution is -2.32. The number of hydrogen-bond acceptors (Lipinski definition) is 3. The minimum absolute atomic E-state index is 0.0554. The van der Waals surface area contributed by atoms with Crippen molar-refractivity contribution in [3.8, 4) is 0 Å². The van der Waals surface area contributed by atoms with Gasteiger partial charge in [-0.05, 0) is 61.9 Å². The first-order valence-electron chi connectivity index (χ1n) is 11.9. The Hall–Kier alpha value is -3.75. The number of carboxylic acid groups (broad SMARTS) is 1. The quantitative estimate of drug-likeness (QED) is 0.338. The maximum Gasteiger partial charge on any atom is 0.416 e. The number of aromatic nitrogens is 1. The van der Waals surface area contributed by atoms with Crippen molar-refractivity contribution in [3.05, 3.63) is 71.6 Å². The Morgan fingerprint density at radius 2 is 1.78 bits per heavy atom. The number of amides is 1. The van der Waals surface area contributed by atoms with Crippen LogP contribution >= 0.6 is 0 Å². The minimum atomic E-state index is -4.60. The number of nitrogens with zero attached hydrogens (tertiary/aromatic N) is 1. The lowest BCUT2D eigenvalue weighted by molar-refractivity contribution is -0.143. The van der Waals surface area contributed by atoms with Gasteiger partial charge in [-0.15, -0.1) is 0 Å². The molecule has 0 unspecified atom stereocenters. The normalized spacial score (nSPS) is 18.5. The fourth-order valence-corrected chi connectivity index (χ4v) is 5.05. The van der Waals surface area contributed by atoms with E-state index in [1.165, 1.54) is 0 Å². The smallest absolute Gasteiger partial charge is 0.416 e. The number of carbonyl (C=O) groups is 2. The number of hydrogen-bond donors (Lipinski definition) is 2. The maximum atomic E-state index is 13.6. The Morgan fingerprint density at radius 3 is 2.47 bits per heavy atom. The number of carboxylic acids is 1. The van der Waals surface area contributed by atoms with Crippen molar-refractivity contribution in [2.24, 2.45) is 11.8 Å². The van der Waals surface area contributed by atoms with Crippen LogP contribution in [0.15, 0.2) is 59.1 Å². The van der Waals surface area contributed by atoms with Crippen molar-refractivity contribution in [1.29, 1.82) is 0 Å². The zero-order valence-electron chi connectivity index (χ0n) is 19.3. The van der Waals surface area contributed by atoms with E-state index in [2.05, 4.69) is 5.32 Å². The van der Waals surface area contributed by atoms with Crippen molar-refractivity contribution in [2.45, 2.75) is 38.4 Å². The zero-order valence-corrected chi connectivity index (χ0v) is 19.3. The molecule has 6 nitrogen and oxygen atoms in total. The average Bonchev–Trinajstić information content (AvgIpc) is 3.45. The molecule has 188 valence electrons. The fourth-order valence-electron chi connectivity index (χ4n) is 5.05. The third-order valence-corrected chi connectivity index (χ3v) is 6.98. The van der Waals surface area contributed by atoms with Crippen LogP contribution in [0.4, 0.5) is 13.2 Å². The number of rotatable bonds is 6. The lowest BCUT2D eigenvalue weighted by Gasteiger charge is -2.26. The molecule has 1 amide bonds. The van der Waals surface area contributed by atoms with Gasteiger partial charge in [0.2, 0.25) is 0 Å². The standard InChI is InChI=1S/C27H25F3N2O4/c28-27(29,30)20-11-19-9-10-32(15-21-12-18-3-1-2-4-23(18)36-21)24(19)22(13-20)25(33)31-14-16-5-7-17(8-6-16)26(34)35/h1-4,9-13,16-17H,5-8,14-15H2,(H,31,33)(H,34,35)/t16-,17-. The van der Waals surface area contributed by atoms with E-state index in [4.69, 9.17) is 9.52 Å². The molecule has 0 saturated heterocycles. The van der Waals surface area contributed by atoms with E-state index in [9.17, 15) is 22.8 Å². The molecule has 9 heteroatoms. The number of carbonyl (C=O) groups excluding carboxylic acids is 1. The molecule has 0 bridgehead atoms. The van der Waals surface area contributed by atoms with Gasteiger partial charge in [-0.2, -0.15) is 13.2 Å². The van der Waals surface area contributed by atoms with E-state index in [0.29, 0.717) is 47.9 Å². The van der Waals surface area contributed by atoms with Crippen molar-refractivity contribution in [1.82, 2.24) is 9.88 Å². The number of nitrogens with one attached hydrogen (secondary N) is 1. The largest absolute Gasteiger partial charge is 0.481 e. The second-order valence-corrected chi connectivity index (χ2v) is 9.42. The van der Waals surface area contributed by atoms with Crippen molar-refractivity contribution in [3.63, 3.8) is 0 Å². The Labute approximate surface area is 204 Å². The van der Waals surface area contributed by atoms with Crippen LogP contribution in [0, 0.1) is 11.8 Å². The summed E-state index contributed by atoms with van der Waals surface area (Å²) in [5.74, 6) is -1.06. The van der Waals surface area contributed by atoms with Crippen molar-refractivity contribution in [2.75, 3.05) is 6.54 Å². The summed E-state index contributed by atoms with van der Waals surface area (Å²) in [5.41, 5.74) is 0.165. The molecule has 2 N–H and O–H groups in total. The highest BCUT2D eigenvalue weighted by atomic mass is 19.4. The third kappa shape index (κ3) is 4.82. The van der Waals surface area contributed by atoms with E-state index in [1.54, 1.807) is 16.8 Å². The fraction of sp³-hybridized carbons (Fsp3) is 0.333. The maximum absolute atomic E-state index is 13.6. The summed E-state index contributed by atoms with van der Waals surface area (Å²) in [6.45, 7) is 0.538. The highest BCUT2D eigenvalue weighted by Crippen LogP contribution is 2.35. The second kappa shape index (κ2) is 9.37. The van der Waals surface area contributed by atoms with Gasteiger partial charge in [0.1, 0.15) is 11.3 Å². The van der Waals surface area contributed by atoms with Gasteiger partial charge in [-0.25, -0.2) is 0 Å². The van der Waals surface area contributed by atoms with E-state index in [-0.39, 0.29) is 30.5 Å². The van der Waals surface area contributed by atoms with Gasteiger partial charge in [0.05, 0.1) is 29.1 Å². The zero-order chi connectivity index (χ0) is 25.4. The Bertz CT molecular complexity index is 1400. The summed E-state index contributed by atoms with van der Waals surface area (Å²) in [5, 5.41) is 13.2. The summed E-state index contributed by atoms with van der Waals surface area (Å²) in [7, 11) is 0. The molecule has 2 heterocycles. The topological polar surface area (TPSA) is 84.5 Å². The van der Waals surface area contributed by atoms with Crippen molar-refractivity contribution < 1.29 is 32.3 Å². The Morgan fingerprint density at radius 1 is 1.03 bits per heavy atom. The van der Waals surface area contributed by atoms with Crippen LogP contribution in [-0.4, -0.2) is 28.1 Å². The van der Waals surface area contributed by atoms with Crippen LogP contribution in [-0.2, 0) is 17.5 Å². The molecular weight excluding hydrogens is 473 g/mol. The Kier molecular flexibility index (Phi) is 6.24. The Balaban J connectivity index is 1.42. The molecule has 2 aromatic carbocycles. The molecular formula is C27H25F3N2O4. The number of halogens is 3. The lowest BCUT2D eigenvalue weighted by atomic mass is 9.82. The predicted octanol–water partition coefficient (Wildman–Crippen LogP) is 6.08. The van der Waals surface area contributed by atoms with E-state index in [0.717, 1.165) is 17.5 Å². The molecule has 1 aliphatic rings. The SMILES string of the molecule is O=C(NC[C@H]1CC[C@H](C(=O)O)CC1)c1cc(C(F)(F)F)cc2ccn(Cc3cc4ccccc4o3)c12. The average molecular weight is 499 g/mol. The predicted molar refractivity (Wildman–Crippen MR) is 128 cm³/mol. The summed E-state index contributed by atoms with van der Waals surface area (Å²) in [6, 6.07) is 12.9. The molecule has 4 aromatic rings. The number of fused-ring (bicyclic) bond motifs is 2. The van der Waals surface area contributed by atoms with Crippen LogP contribution in [0.3, 0.4) is 0 Å². The summed E-state index contributed by atoms with van der Waals surface area (Å²) < 4.78 is 48.4. The van der Waals surface area contributed by atoms with Crippen LogP contribution in [0.5, 0.6) is 0 Å². The molecule has 1 saturated carbocycles. The van der Waals surface area contributed by atoms with Crippen molar-refractivity contribution >= 4 is 33.7 Å². The molecule has 1 aliphatic carbocycles. The van der Waals surface area contributed by atoms with Gasteiger partial charge in [0.25, 0.3) is 5.91 Å². The molecule has 0 radical (unpaired) electrons. The van der Waals surface area contributed by atoms with Crippen LogP contribution in [0.1, 0.15) is 47.4 Å². The van der Waals surface area contributed by atoms with Gasteiger partial charge < -0.3 is 19.4 Å². The van der Waals surface area contributed by atoms with Crippen LogP contribution < -0.4 is 5.32 Å². The van der Waals surface area contributed by atoms with Gasteiger partial charge in [-0.1, -0.05) is 18.2 Å². The number of benzene rings is 2. The molecule has 36 heavy (non-hydrogen) atoms. The van der Waals surface area contributed by atoms with Gasteiger partial charge in [0, 0.05) is 23.5 Å². The van der Waals surface area contributed by atoms with Gasteiger partial charge in [-0.3, -0.25) is 9.59 Å².